The Labute approximate surface area is 106 Å². The molecule has 1 aromatic carbocycles. The molecule has 0 aliphatic carbocycles. The van der Waals surface area contributed by atoms with Gasteiger partial charge >= 0.3 is 0 Å². The third kappa shape index (κ3) is 2.65. The summed E-state index contributed by atoms with van der Waals surface area (Å²) in [6.45, 7) is 3.89. The summed E-state index contributed by atoms with van der Waals surface area (Å²) in [4.78, 5) is 4.27. The first-order valence-electron chi connectivity index (χ1n) is 5.56. The Morgan fingerprint density at radius 1 is 1.18 bits per heavy atom. The summed E-state index contributed by atoms with van der Waals surface area (Å²) in [7, 11) is 0. The van der Waals surface area contributed by atoms with Crippen molar-refractivity contribution in [2.75, 3.05) is 0 Å². The minimum Gasteiger partial charge on any atom is -0.324 e. The highest BCUT2D eigenvalue weighted by molar-refractivity contribution is 6.31. The minimum atomic E-state index is -0.0484. The zero-order valence-corrected chi connectivity index (χ0v) is 10.7. The maximum Gasteiger partial charge on any atom is 0.0459 e. The molecule has 1 atom stereocenters. The summed E-state index contributed by atoms with van der Waals surface area (Å²) in [5.41, 5.74) is 9.93. The van der Waals surface area contributed by atoms with Crippen molar-refractivity contribution in [2.45, 2.75) is 19.9 Å². The topological polar surface area (TPSA) is 38.9 Å². The second-order valence-corrected chi connectivity index (χ2v) is 4.62. The molecule has 0 spiro atoms. The molecule has 1 aromatic heterocycles. The van der Waals surface area contributed by atoms with Crippen LogP contribution < -0.4 is 5.73 Å². The average molecular weight is 247 g/mol. The van der Waals surface area contributed by atoms with E-state index in [9.17, 15) is 0 Å². The van der Waals surface area contributed by atoms with Crippen molar-refractivity contribution in [1.29, 1.82) is 0 Å². The Kier molecular flexibility index (Phi) is 3.46. The molecule has 1 unspecified atom stereocenters. The number of nitrogens with two attached hydrogens (primary N) is 1. The van der Waals surface area contributed by atoms with Gasteiger partial charge in [0.25, 0.3) is 0 Å². The number of benzene rings is 1. The molecule has 0 saturated heterocycles. The molecule has 3 heteroatoms. The fraction of sp³-hybridized carbons (Fsp3) is 0.214. The van der Waals surface area contributed by atoms with Crippen LogP contribution in [-0.2, 0) is 0 Å². The van der Waals surface area contributed by atoms with E-state index in [0.29, 0.717) is 5.02 Å². The van der Waals surface area contributed by atoms with Crippen LogP contribution in [0.15, 0.2) is 36.5 Å². The van der Waals surface area contributed by atoms with Gasteiger partial charge in [0.05, 0.1) is 0 Å². The van der Waals surface area contributed by atoms with Gasteiger partial charge in [-0.1, -0.05) is 29.8 Å². The minimum absolute atomic E-state index is 0.0484. The van der Waals surface area contributed by atoms with Gasteiger partial charge in [-0.15, -0.1) is 0 Å². The molecular formula is C14H15ClN2. The number of aromatic nitrogens is 1. The zero-order valence-electron chi connectivity index (χ0n) is 9.94. The summed E-state index contributed by atoms with van der Waals surface area (Å²) in [5.74, 6) is 0. The van der Waals surface area contributed by atoms with Crippen molar-refractivity contribution in [3.63, 3.8) is 0 Å². The van der Waals surface area contributed by atoms with Gasteiger partial charge in [-0.25, -0.2) is 0 Å². The van der Waals surface area contributed by atoms with E-state index in [1.54, 1.807) is 0 Å². The van der Waals surface area contributed by atoms with E-state index < -0.39 is 0 Å². The number of rotatable bonds is 2. The molecule has 0 saturated carbocycles. The van der Waals surface area contributed by atoms with Gasteiger partial charge in [0.2, 0.25) is 0 Å². The lowest BCUT2D eigenvalue weighted by Crippen LogP contribution is -2.05. The number of halogens is 1. The lowest BCUT2D eigenvalue weighted by molar-refractivity contribution is 0.819. The Morgan fingerprint density at radius 3 is 2.41 bits per heavy atom. The highest BCUT2D eigenvalue weighted by atomic mass is 35.5. The van der Waals surface area contributed by atoms with Crippen LogP contribution in [0.2, 0.25) is 5.02 Å². The van der Waals surface area contributed by atoms with Crippen LogP contribution in [0.1, 0.15) is 24.2 Å². The second-order valence-electron chi connectivity index (χ2n) is 4.21. The summed E-state index contributed by atoms with van der Waals surface area (Å²) in [6.07, 6.45) is 1.85. The van der Waals surface area contributed by atoms with E-state index in [-0.39, 0.29) is 6.04 Å². The van der Waals surface area contributed by atoms with Crippen LogP contribution in [-0.4, -0.2) is 4.98 Å². The molecule has 88 valence electrons. The van der Waals surface area contributed by atoms with Crippen molar-refractivity contribution in [3.8, 4) is 11.1 Å². The van der Waals surface area contributed by atoms with Crippen LogP contribution in [0.5, 0.6) is 0 Å². The van der Waals surface area contributed by atoms with Crippen molar-refractivity contribution >= 4 is 11.6 Å². The number of hydrogen-bond acceptors (Lipinski definition) is 2. The van der Waals surface area contributed by atoms with Gasteiger partial charge in [-0.2, -0.15) is 0 Å². The molecule has 1 heterocycles. The Morgan fingerprint density at radius 2 is 1.88 bits per heavy atom. The van der Waals surface area contributed by atoms with Crippen LogP contribution in [0.4, 0.5) is 0 Å². The number of nitrogens with zero attached hydrogens (tertiary/aromatic N) is 1. The fourth-order valence-corrected chi connectivity index (χ4v) is 2.07. The van der Waals surface area contributed by atoms with E-state index in [1.807, 2.05) is 50.4 Å². The Balaban J connectivity index is 2.41. The summed E-state index contributed by atoms with van der Waals surface area (Å²) in [5, 5.41) is 0.707. The summed E-state index contributed by atoms with van der Waals surface area (Å²) >= 11 is 6.21. The molecular weight excluding hydrogens is 232 g/mol. The van der Waals surface area contributed by atoms with Crippen LogP contribution in [0.25, 0.3) is 11.1 Å². The van der Waals surface area contributed by atoms with Crippen molar-refractivity contribution < 1.29 is 0 Å². The lowest BCUT2D eigenvalue weighted by atomic mass is 10.0. The SMILES string of the molecule is Cc1ccc(-c2ccc(C(C)N)c(Cl)c2)cn1. The van der Waals surface area contributed by atoms with Gasteiger partial charge in [0.1, 0.15) is 0 Å². The molecule has 2 nitrogen and oxygen atoms in total. The Bertz CT molecular complexity index is 518. The second kappa shape index (κ2) is 4.86. The predicted molar refractivity (Wildman–Crippen MR) is 72.0 cm³/mol. The summed E-state index contributed by atoms with van der Waals surface area (Å²) in [6, 6.07) is 9.92. The van der Waals surface area contributed by atoms with Crippen molar-refractivity contribution in [3.05, 3.63) is 52.8 Å². The van der Waals surface area contributed by atoms with Crippen molar-refractivity contribution in [1.82, 2.24) is 4.98 Å². The molecule has 0 bridgehead atoms. The first-order valence-corrected chi connectivity index (χ1v) is 5.94. The molecule has 0 amide bonds. The third-order valence-electron chi connectivity index (χ3n) is 2.74. The Hall–Kier alpha value is -1.38. The third-order valence-corrected chi connectivity index (χ3v) is 3.06. The highest BCUT2D eigenvalue weighted by Crippen LogP contribution is 2.27. The molecule has 0 aliphatic rings. The van der Waals surface area contributed by atoms with Gasteiger partial charge in [0, 0.05) is 28.5 Å². The molecule has 2 rings (SSSR count). The molecule has 0 radical (unpaired) electrons. The number of hydrogen-bond donors (Lipinski definition) is 1. The predicted octanol–water partition coefficient (Wildman–Crippen LogP) is 3.73. The van der Waals surface area contributed by atoms with Gasteiger partial charge < -0.3 is 5.73 Å². The molecule has 2 N–H and O–H groups in total. The van der Waals surface area contributed by atoms with Gasteiger partial charge in [-0.3, -0.25) is 4.98 Å². The van der Waals surface area contributed by atoms with Gasteiger partial charge in [0.15, 0.2) is 0 Å². The highest BCUT2D eigenvalue weighted by Gasteiger charge is 2.07. The quantitative estimate of drug-likeness (QED) is 0.877. The normalized spacial score (nSPS) is 12.5. The van der Waals surface area contributed by atoms with E-state index >= 15 is 0 Å². The molecule has 0 fully saturated rings. The number of aryl methyl sites for hydroxylation is 1. The average Bonchev–Trinajstić information content (AvgIpc) is 2.29. The number of pyridine rings is 1. The van der Waals surface area contributed by atoms with E-state index in [2.05, 4.69) is 4.98 Å². The smallest absolute Gasteiger partial charge is 0.0459 e. The fourth-order valence-electron chi connectivity index (χ4n) is 1.71. The maximum atomic E-state index is 6.21. The van der Waals surface area contributed by atoms with Crippen LogP contribution in [0, 0.1) is 6.92 Å². The monoisotopic (exact) mass is 246 g/mol. The molecule has 17 heavy (non-hydrogen) atoms. The largest absolute Gasteiger partial charge is 0.324 e. The van der Waals surface area contributed by atoms with Gasteiger partial charge in [-0.05, 0) is 37.1 Å². The molecule has 0 aliphatic heterocycles. The first kappa shape index (κ1) is 12.1. The van der Waals surface area contributed by atoms with Crippen LogP contribution >= 0.6 is 11.6 Å². The lowest BCUT2D eigenvalue weighted by Gasteiger charge is -2.10. The first-order chi connectivity index (χ1) is 8.08. The van der Waals surface area contributed by atoms with Crippen LogP contribution in [0.3, 0.4) is 0 Å². The summed E-state index contributed by atoms with van der Waals surface area (Å²) < 4.78 is 0. The standard InChI is InChI=1S/C14H15ClN2/c1-9-3-4-12(8-17-9)11-5-6-13(10(2)16)14(15)7-11/h3-8,10H,16H2,1-2H3. The van der Waals surface area contributed by atoms with E-state index in [1.165, 1.54) is 0 Å². The van der Waals surface area contributed by atoms with E-state index in [0.717, 1.165) is 22.4 Å². The van der Waals surface area contributed by atoms with Crippen molar-refractivity contribution in [2.24, 2.45) is 5.73 Å². The van der Waals surface area contributed by atoms with E-state index in [4.69, 9.17) is 17.3 Å². The molecule has 2 aromatic rings. The maximum absolute atomic E-state index is 6.21. The zero-order chi connectivity index (χ0) is 12.4.